The van der Waals surface area contributed by atoms with Gasteiger partial charge in [0.25, 0.3) is 0 Å². The Kier molecular flexibility index (Phi) is 7.66. The maximum absolute atomic E-state index is 13.3. The third kappa shape index (κ3) is 6.34. The molecule has 168 valence electrons. The molecular weight excluding hydrogens is 418 g/mol. The zero-order chi connectivity index (χ0) is 23.8. The summed E-state index contributed by atoms with van der Waals surface area (Å²) in [7, 11) is 0. The van der Waals surface area contributed by atoms with Crippen LogP contribution < -0.4 is 20.5 Å². The van der Waals surface area contributed by atoms with E-state index in [9.17, 15) is 14.7 Å². The highest BCUT2D eigenvalue weighted by Gasteiger charge is 2.26. The van der Waals surface area contributed by atoms with Crippen LogP contribution in [0.3, 0.4) is 0 Å². The smallest absolute Gasteiger partial charge is 0.247 e. The Balaban J connectivity index is 1.97. The molecule has 0 bridgehead atoms. The molecule has 0 saturated heterocycles. The van der Waals surface area contributed by atoms with Crippen LogP contribution in [0.2, 0.25) is 0 Å². The number of aliphatic carboxylic acids is 1. The summed E-state index contributed by atoms with van der Waals surface area (Å²) in [5, 5.41) is 26.2. The topological polar surface area (TPSA) is 114 Å². The van der Waals surface area contributed by atoms with Gasteiger partial charge in [-0.25, -0.2) is 0 Å². The fraction of sp³-hybridized carbons (Fsp3) is 0.192. The van der Waals surface area contributed by atoms with E-state index in [-0.39, 0.29) is 5.91 Å². The largest absolute Gasteiger partial charge is 0.546 e. The van der Waals surface area contributed by atoms with Gasteiger partial charge in [0.15, 0.2) is 0 Å². The molecule has 7 nitrogen and oxygen atoms in total. The average molecular weight is 442 g/mol. The van der Waals surface area contributed by atoms with Gasteiger partial charge in [0.05, 0.1) is 17.6 Å². The summed E-state index contributed by atoms with van der Waals surface area (Å²) in [6.07, 6.45) is 0. The summed E-state index contributed by atoms with van der Waals surface area (Å²) in [5.74, 6) is -1.36. The maximum Gasteiger partial charge on any atom is 0.247 e. The van der Waals surface area contributed by atoms with Crippen molar-refractivity contribution in [2.75, 3.05) is 11.9 Å². The molecule has 0 aliphatic carbocycles. The third-order valence-electron chi connectivity index (χ3n) is 4.99. The van der Waals surface area contributed by atoms with Crippen LogP contribution in [0, 0.1) is 25.2 Å². The molecule has 0 aliphatic heterocycles. The minimum absolute atomic E-state index is 0.311. The lowest BCUT2D eigenvalue weighted by atomic mass is 9.98. The van der Waals surface area contributed by atoms with Crippen LogP contribution in [0.25, 0.3) is 0 Å². The predicted octanol–water partition coefficient (Wildman–Crippen LogP) is 2.77. The minimum Gasteiger partial charge on any atom is -0.546 e. The fourth-order valence-corrected chi connectivity index (χ4v) is 3.51. The van der Waals surface area contributed by atoms with Crippen LogP contribution in [0.1, 0.15) is 33.9 Å². The molecule has 0 saturated carbocycles. The lowest BCUT2D eigenvalue weighted by Crippen LogP contribution is -2.34. The van der Waals surface area contributed by atoms with Gasteiger partial charge in [0.1, 0.15) is 18.4 Å². The molecule has 0 fully saturated rings. The zero-order valence-corrected chi connectivity index (χ0v) is 18.4. The van der Waals surface area contributed by atoms with E-state index in [1.54, 1.807) is 37.3 Å². The molecular formula is C26H24N3O4-. The van der Waals surface area contributed by atoms with Crippen molar-refractivity contribution in [2.24, 2.45) is 0 Å². The second kappa shape index (κ2) is 10.8. The standard InChI is InChI=1S/C26H25N3O4/c1-17-12-18(2)25(33-16-23(30)31)22(13-17)24(29-21-10-8-19(14-27)9-11-21)26(32)28-15-20-6-4-3-5-7-20/h3-13,24,29H,15-16H2,1-2H3,(H,28,32)(H,30,31)/p-1. The minimum atomic E-state index is -1.36. The lowest BCUT2D eigenvalue weighted by molar-refractivity contribution is -0.307. The number of aryl methyl sites for hydroxylation is 2. The van der Waals surface area contributed by atoms with E-state index in [4.69, 9.17) is 10.00 Å². The molecule has 1 amide bonds. The Morgan fingerprint density at radius 1 is 1.06 bits per heavy atom. The molecule has 0 aliphatic rings. The van der Waals surface area contributed by atoms with Crippen LogP contribution in [0.15, 0.2) is 66.7 Å². The molecule has 0 spiro atoms. The number of amides is 1. The number of ether oxygens (including phenoxy) is 1. The average Bonchev–Trinajstić information content (AvgIpc) is 2.81. The molecule has 3 aromatic rings. The number of benzene rings is 3. The summed E-state index contributed by atoms with van der Waals surface area (Å²) in [5.41, 5.74) is 4.16. The number of carbonyl (C=O) groups is 2. The van der Waals surface area contributed by atoms with Gasteiger partial charge < -0.3 is 25.3 Å². The normalized spacial score (nSPS) is 11.2. The molecule has 1 unspecified atom stereocenters. The molecule has 2 N–H and O–H groups in total. The van der Waals surface area contributed by atoms with Gasteiger partial charge in [-0.1, -0.05) is 42.0 Å². The van der Waals surface area contributed by atoms with E-state index >= 15 is 0 Å². The van der Waals surface area contributed by atoms with Crippen molar-refractivity contribution >= 4 is 17.6 Å². The van der Waals surface area contributed by atoms with Gasteiger partial charge in [-0.3, -0.25) is 4.79 Å². The van der Waals surface area contributed by atoms with Crippen molar-refractivity contribution in [1.82, 2.24) is 5.32 Å². The molecule has 33 heavy (non-hydrogen) atoms. The highest BCUT2D eigenvalue weighted by Crippen LogP contribution is 2.33. The van der Waals surface area contributed by atoms with Gasteiger partial charge in [-0.15, -0.1) is 0 Å². The summed E-state index contributed by atoms with van der Waals surface area (Å²) in [4.78, 5) is 24.4. The van der Waals surface area contributed by atoms with Crippen LogP contribution in [0.5, 0.6) is 5.75 Å². The lowest BCUT2D eigenvalue weighted by Gasteiger charge is -2.24. The first-order valence-electron chi connectivity index (χ1n) is 10.4. The number of anilines is 1. The number of nitrogens with zero attached hydrogens (tertiary/aromatic N) is 1. The SMILES string of the molecule is Cc1cc(C)c(OCC(=O)[O-])c(C(Nc2ccc(C#N)cc2)C(=O)NCc2ccccc2)c1. The Morgan fingerprint density at radius 3 is 2.39 bits per heavy atom. The third-order valence-corrected chi connectivity index (χ3v) is 4.99. The number of hydrogen-bond donors (Lipinski definition) is 2. The van der Waals surface area contributed by atoms with Crippen molar-refractivity contribution in [3.63, 3.8) is 0 Å². The molecule has 0 aromatic heterocycles. The van der Waals surface area contributed by atoms with Crippen LogP contribution in [-0.4, -0.2) is 18.5 Å². The van der Waals surface area contributed by atoms with E-state index in [1.807, 2.05) is 43.3 Å². The van der Waals surface area contributed by atoms with Crippen LogP contribution in [-0.2, 0) is 16.1 Å². The Bertz CT molecular complexity index is 1170. The molecule has 1 atom stereocenters. The predicted molar refractivity (Wildman–Crippen MR) is 122 cm³/mol. The van der Waals surface area contributed by atoms with E-state index in [0.717, 1.165) is 11.1 Å². The van der Waals surface area contributed by atoms with Gasteiger partial charge >= 0.3 is 0 Å². The summed E-state index contributed by atoms with van der Waals surface area (Å²) < 4.78 is 5.53. The number of hydrogen-bond acceptors (Lipinski definition) is 6. The van der Waals surface area contributed by atoms with Crippen LogP contribution >= 0.6 is 0 Å². The number of nitriles is 1. The number of carboxylic acids is 1. The maximum atomic E-state index is 13.3. The number of carboxylic acid groups (broad SMARTS) is 1. The summed E-state index contributed by atoms with van der Waals surface area (Å²) >= 11 is 0. The number of nitrogens with one attached hydrogen (secondary N) is 2. The van der Waals surface area contributed by atoms with Crippen molar-refractivity contribution in [2.45, 2.75) is 26.4 Å². The first-order chi connectivity index (χ1) is 15.9. The first kappa shape index (κ1) is 23.4. The van der Waals surface area contributed by atoms with E-state index in [2.05, 4.69) is 16.7 Å². The van der Waals surface area contributed by atoms with E-state index in [1.165, 1.54) is 0 Å². The van der Waals surface area contributed by atoms with Gasteiger partial charge in [-0.05, 0) is 55.3 Å². The van der Waals surface area contributed by atoms with Crippen molar-refractivity contribution in [3.8, 4) is 11.8 Å². The Hall–Kier alpha value is -4.31. The Labute approximate surface area is 192 Å². The molecule has 3 rings (SSSR count). The van der Waals surface area contributed by atoms with Gasteiger partial charge in [0.2, 0.25) is 5.91 Å². The highest BCUT2D eigenvalue weighted by molar-refractivity contribution is 5.87. The van der Waals surface area contributed by atoms with Crippen molar-refractivity contribution in [1.29, 1.82) is 5.26 Å². The quantitative estimate of drug-likeness (QED) is 0.527. The second-order valence-corrected chi connectivity index (χ2v) is 7.63. The highest BCUT2D eigenvalue weighted by atomic mass is 16.5. The first-order valence-corrected chi connectivity index (χ1v) is 10.4. The molecule has 7 heteroatoms. The molecule has 0 radical (unpaired) electrons. The fourth-order valence-electron chi connectivity index (χ4n) is 3.51. The van der Waals surface area contributed by atoms with Crippen molar-refractivity contribution < 1.29 is 19.4 Å². The molecule has 0 heterocycles. The van der Waals surface area contributed by atoms with E-state index in [0.29, 0.717) is 34.7 Å². The molecule has 3 aromatic carbocycles. The van der Waals surface area contributed by atoms with Crippen molar-refractivity contribution in [3.05, 3.63) is 94.5 Å². The van der Waals surface area contributed by atoms with Crippen LogP contribution in [0.4, 0.5) is 5.69 Å². The van der Waals surface area contributed by atoms with E-state index < -0.39 is 18.6 Å². The van der Waals surface area contributed by atoms with Gasteiger partial charge in [-0.2, -0.15) is 5.26 Å². The zero-order valence-electron chi connectivity index (χ0n) is 18.4. The summed E-state index contributed by atoms with van der Waals surface area (Å²) in [6, 6.07) is 21.1. The number of rotatable bonds is 9. The Morgan fingerprint density at radius 2 is 1.76 bits per heavy atom. The number of carbonyl (C=O) groups excluding carboxylic acids is 2. The summed E-state index contributed by atoms with van der Waals surface area (Å²) in [6.45, 7) is 3.37. The monoisotopic (exact) mass is 442 g/mol. The van der Waals surface area contributed by atoms with Gasteiger partial charge in [0, 0.05) is 17.8 Å². The second-order valence-electron chi connectivity index (χ2n) is 7.63.